The molecular weight excluding hydrogens is 318 g/mol. The second-order valence-electron chi connectivity index (χ2n) is 6.38. The van der Waals surface area contributed by atoms with E-state index < -0.39 is 0 Å². The van der Waals surface area contributed by atoms with E-state index in [1.807, 2.05) is 18.5 Å². The van der Waals surface area contributed by atoms with Gasteiger partial charge in [0.25, 0.3) is 5.89 Å². The Balaban J connectivity index is 1.46. The highest BCUT2D eigenvalue weighted by molar-refractivity contribution is 5.57. The molecule has 1 saturated carbocycles. The number of rotatable bonds is 5. The van der Waals surface area contributed by atoms with Crippen LogP contribution < -0.4 is 5.32 Å². The van der Waals surface area contributed by atoms with Crippen LogP contribution in [-0.4, -0.2) is 29.9 Å². The molecule has 0 aromatic carbocycles. The van der Waals surface area contributed by atoms with Crippen LogP contribution in [0.4, 0.5) is 5.82 Å². The van der Waals surface area contributed by atoms with E-state index >= 15 is 0 Å². The van der Waals surface area contributed by atoms with Crippen LogP contribution >= 0.6 is 0 Å². The summed E-state index contributed by atoms with van der Waals surface area (Å²) in [6, 6.07) is 4.26. The third-order valence-electron chi connectivity index (χ3n) is 4.58. The summed E-state index contributed by atoms with van der Waals surface area (Å²) in [4.78, 5) is 8.60. The maximum atomic E-state index is 5.21. The van der Waals surface area contributed by atoms with Crippen LogP contribution in [0.25, 0.3) is 11.5 Å². The summed E-state index contributed by atoms with van der Waals surface area (Å²) < 4.78 is 7.42. The van der Waals surface area contributed by atoms with Crippen LogP contribution in [0, 0.1) is 6.92 Å². The van der Waals surface area contributed by atoms with E-state index in [0.29, 0.717) is 24.3 Å². The van der Waals surface area contributed by atoms with Crippen LogP contribution in [0.2, 0.25) is 0 Å². The van der Waals surface area contributed by atoms with Crippen LogP contribution in [0.15, 0.2) is 29.2 Å². The molecule has 3 aromatic heterocycles. The monoisotopic (exact) mass is 339 g/mol. The van der Waals surface area contributed by atoms with Crippen LogP contribution in [0.3, 0.4) is 0 Å². The number of pyridine rings is 1. The van der Waals surface area contributed by atoms with E-state index in [1.54, 1.807) is 13.1 Å². The Morgan fingerprint density at radius 1 is 1.28 bits per heavy atom. The third-order valence-corrected chi connectivity index (χ3v) is 4.58. The van der Waals surface area contributed by atoms with Crippen LogP contribution in [-0.2, 0) is 6.54 Å². The zero-order chi connectivity index (χ0) is 17.1. The predicted octanol–water partition coefficient (Wildman–Crippen LogP) is 3.15. The molecule has 0 bridgehead atoms. The third kappa shape index (κ3) is 3.52. The SMILES string of the molecule is Cc1noc(-c2ccnc(NCc3nncn3C3CCCCC3)c2)n1. The zero-order valence-corrected chi connectivity index (χ0v) is 14.2. The number of hydrogen-bond acceptors (Lipinski definition) is 7. The molecule has 1 N–H and O–H groups in total. The molecule has 0 saturated heterocycles. The Morgan fingerprint density at radius 3 is 2.96 bits per heavy atom. The topological polar surface area (TPSA) is 94.5 Å². The lowest BCUT2D eigenvalue weighted by Crippen LogP contribution is -2.17. The van der Waals surface area contributed by atoms with Gasteiger partial charge in [-0.1, -0.05) is 24.4 Å². The molecule has 25 heavy (non-hydrogen) atoms. The first kappa shape index (κ1) is 15.7. The van der Waals surface area contributed by atoms with Gasteiger partial charge in [-0.05, 0) is 31.9 Å². The highest BCUT2D eigenvalue weighted by Crippen LogP contribution is 2.28. The zero-order valence-electron chi connectivity index (χ0n) is 14.2. The van der Waals surface area contributed by atoms with Crippen molar-refractivity contribution in [1.29, 1.82) is 0 Å². The summed E-state index contributed by atoms with van der Waals surface area (Å²) in [6.07, 6.45) is 9.87. The van der Waals surface area contributed by atoms with Crippen molar-refractivity contribution in [2.75, 3.05) is 5.32 Å². The van der Waals surface area contributed by atoms with Crippen molar-refractivity contribution >= 4 is 5.82 Å². The Bertz CT molecular complexity index is 835. The molecule has 1 aliphatic rings. The first-order chi connectivity index (χ1) is 12.3. The van der Waals surface area contributed by atoms with Crippen LogP contribution in [0.1, 0.15) is 49.8 Å². The Morgan fingerprint density at radius 2 is 2.16 bits per heavy atom. The summed E-state index contributed by atoms with van der Waals surface area (Å²) in [7, 11) is 0. The molecule has 3 aromatic rings. The van der Waals surface area contributed by atoms with E-state index in [1.165, 1.54) is 32.1 Å². The van der Waals surface area contributed by atoms with Crippen molar-refractivity contribution in [3.63, 3.8) is 0 Å². The van der Waals surface area contributed by atoms with Gasteiger partial charge < -0.3 is 14.4 Å². The van der Waals surface area contributed by atoms with Gasteiger partial charge in [0.05, 0.1) is 6.54 Å². The van der Waals surface area contributed by atoms with Gasteiger partial charge in [0.1, 0.15) is 12.1 Å². The van der Waals surface area contributed by atoms with Crippen molar-refractivity contribution in [1.82, 2.24) is 29.9 Å². The molecule has 1 fully saturated rings. The highest BCUT2D eigenvalue weighted by atomic mass is 16.5. The fourth-order valence-corrected chi connectivity index (χ4v) is 3.30. The maximum Gasteiger partial charge on any atom is 0.258 e. The number of aryl methyl sites for hydroxylation is 1. The van der Waals surface area contributed by atoms with E-state index in [-0.39, 0.29) is 0 Å². The second-order valence-corrected chi connectivity index (χ2v) is 6.38. The van der Waals surface area contributed by atoms with Gasteiger partial charge in [-0.2, -0.15) is 4.98 Å². The number of hydrogen-bond donors (Lipinski definition) is 1. The Hall–Kier alpha value is -2.77. The van der Waals surface area contributed by atoms with E-state index in [9.17, 15) is 0 Å². The van der Waals surface area contributed by atoms with Crippen molar-refractivity contribution in [3.05, 3.63) is 36.3 Å². The molecule has 0 atom stereocenters. The van der Waals surface area contributed by atoms with Crippen molar-refractivity contribution in [2.45, 2.75) is 51.6 Å². The highest BCUT2D eigenvalue weighted by Gasteiger charge is 2.18. The molecule has 0 radical (unpaired) electrons. The average molecular weight is 339 g/mol. The minimum Gasteiger partial charge on any atom is -0.363 e. The quantitative estimate of drug-likeness (QED) is 0.763. The Kier molecular flexibility index (Phi) is 4.41. The van der Waals surface area contributed by atoms with E-state index in [4.69, 9.17) is 4.52 Å². The molecule has 130 valence electrons. The summed E-state index contributed by atoms with van der Waals surface area (Å²) >= 11 is 0. The number of nitrogens with one attached hydrogen (secondary N) is 1. The van der Waals surface area contributed by atoms with Crippen LogP contribution in [0.5, 0.6) is 0 Å². The molecule has 0 amide bonds. The van der Waals surface area contributed by atoms with Crippen molar-refractivity contribution in [3.8, 4) is 11.5 Å². The molecule has 0 aliphatic heterocycles. The fourth-order valence-electron chi connectivity index (χ4n) is 3.30. The van der Waals surface area contributed by atoms with Gasteiger partial charge in [-0.15, -0.1) is 10.2 Å². The first-order valence-corrected chi connectivity index (χ1v) is 8.68. The first-order valence-electron chi connectivity index (χ1n) is 8.68. The van der Waals surface area contributed by atoms with Gasteiger partial charge in [-0.3, -0.25) is 0 Å². The van der Waals surface area contributed by atoms with E-state index in [0.717, 1.165) is 17.2 Å². The lowest BCUT2D eigenvalue weighted by molar-refractivity contribution is 0.346. The molecule has 4 rings (SSSR count). The lowest BCUT2D eigenvalue weighted by Gasteiger charge is -2.24. The number of aromatic nitrogens is 6. The number of nitrogens with zero attached hydrogens (tertiary/aromatic N) is 6. The standard InChI is InChI=1S/C17H21N7O/c1-12-21-17(25-23-12)13-7-8-18-15(9-13)19-10-16-22-20-11-24(16)14-5-3-2-4-6-14/h7-9,11,14H,2-6,10H2,1H3,(H,18,19). The van der Waals surface area contributed by atoms with Gasteiger partial charge in [0.15, 0.2) is 11.6 Å². The number of anilines is 1. The molecule has 1 aliphatic carbocycles. The minimum atomic E-state index is 0.494. The minimum absolute atomic E-state index is 0.494. The molecular formula is C17H21N7O. The molecule has 0 spiro atoms. The van der Waals surface area contributed by atoms with E-state index in [2.05, 4.69) is 35.2 Å². The van der Waals surface area contributed by atoms with Gasteiger partial charge >= 0.3 is 0 Å². The van der Waals surface area contributed by atoms with Gasteiger partial charge in [-0.25, -0.2) is 4.98 Å². The predicted molar refractivity (Wildman–Crippen MR) is 91.7 cm³/mol. The smallest absolute Gasteiger partial charge is 0.258 e. The summed E-state index contributed by atoms with van der Waals surface area (Å²) in [5.74, 6) is 2.79. The summed E-state index contributed by atoms with van der Waals surface area (Å²) in [6.45, 7) is 2.38. The normalized spacial score (nSPS) is 15.4. The largest absolute Gasteiger partial charge is 0.363 e. The molecule has 8 heteroatoms. The second kappa shape index (κ2) is 7.00. The molecule has 8 nitrogen and oxygen atoms in total. The van der Waals surface area contributed by atoms with Crippen molar-refractivity contribution in [2.24, 2.45) is 0 Å². The lowest BCUT2D eigenvalue weighted by atomic mass is 9.95. The van der Waals surface area contributed by atoms with Crippen molar-refractivity contribution < 1.29 is 4.52 Å². The van der Waals surface area contributed by atoms with Gasteiger partial charge in [0.2, 0.25) is 0 Å². The average Bonchev–Trinajstić information content (AvgIpc) is 3.30. The summed E-state index contributed by atoms with van der Waals surface area (Å²) in [5.41, 5.74) is 0.840. The summed E-state index contributed by atoms with van der Waals surface area (Å²) in [5, 5.41) is 15.5. The van der Waals surface area contributed by atoms with Gasteiger partial charge in [0, 0.05) is 17.8 Å². The molecule has 0 unspecified atom stereocenters. The maximum absolute atomic E-state index is 5.21. The molecule has 3 heterocycles. The fraction of sp³-hybridized carbons (Fsp3) is 0.471. The Labute approximate surface area is 145 Å².